The van der Waals surface area contributed by atoms with Crippen LogP contribution in [-0.2, 0) is 16.6 Å². The molecule has 1 N–H and O–H groups in total. The molecule has 1 unspecified atom stereocenters. The molecule has 0 fully saturated rings. The third-order valence-electron chi connectivity index (χ3n) is 5.55. The Morgan fingerprint density at radius 3 is 2.24 bits per heavy atom. The zero-order valence-electron chi connectivity index (χ0n) is 19.0. The molecule has 0 spiro atoms. The van der Waals surface area contributed by atoms with Crippen LogP contribution in [0.5, 0.6) is 5.75 Å². The zero-order valence-corrected chi connectivity index (χ0v) is 19.0. The minimum absolute atomic E-state index is 0.0901. The van der Waals surface area contributed by atoms with Crippen LogP contribution in [0.25, 0.3) is 0 Å². The Morgan fingerprint density at radius 1 is 1.07 bits per heavy atom. The number of rotatable bonds is 8. The summed E-state index contributed by atoms with van der Waals surface area (Å²) in [5.41, 5.74) is 5.08. The number of aliphatic hydroxyl groups excluding tert-OH is 1. The lowest BCUT2D eigenvalue weighted by atomic mass is 9.78. The molecule has 0 saturated carbocycles. The second-order valence-electron chi connectivity index (χ2n) is 9.29. The van der Waals surface area contributed by atoms with Gasteiger partial charge in [-0.05, 0) is 73.3 Å². The molecular weight excluding hydrogens is 360 g/mol. The Kier molecular flexibility index (Phi) is 7.65. The molecule has 0 aliphatic rings. The molecule has 0 aliphatic heterocycles. The summed E-state index contributed by atoms with van der Waals surface area (Å²) in [6.45, 7) is 14.6. The number of carbonyl (C=O) groups is 1. The molecule has 0 bridgehead atoms. The minimum atomic E-state index is -0.349. The first-order valence-electron chi connectivity index (χ1n) is 10.6. The van der Waals surface area contributed by atoms with Gasteiger partial charge in [0.25, 0.3) is 0 Å². The Hall–Kier alpha value is -2.13. The van der Waals surface area contributed by atoms with Crippen molar-refractivity contribution >= 4 is 5.97 Å². The Morgan fingerprint density at radius 2 is 1.69 bits per heavy atom. The summed E-state index contributed by atoms with van der Waals surface area (Å²) in [5, 5.41) is 9.49. The fraction of sp³-hybridized carbons (Fsp3) is 0.500. The van der Waals surface area contributed by atoms with E-state index in [0.29, 0.717) is 18.1 Å². The predicted octanol–water partition coefficient (Wildman–Crippen LogP) is 5.87. The maximum Gasteiger partial charge on any atom is 0.318 e. The van der Waals surface area contributed by atoms with Gasteiger partial charge in [-0.2, -0.15) is 0 Å². The fourth-order valence-corrected chi connectivity index (χ4v) is 4.03. The molecule has 0 heterocycles. The molecule has 0 saturated heterocycles. The molecule has 3 heteroatoms. The lowest BCUT2D eigenvalue weighted by molar-refractivity contribution is -0.135. The van der Waals surface area contributed by atoms with E-state index in [9.17, 15) is 9.90 Å². The average Bonchev–Trinajstić information content (AvgIpc) is 2.60. The molecule has 0 aliphatic carbocycles. The Bertz CT molecular complexity index is 832. The van der Waals surface area contributed by atoms with Crippen LogP contribution in [-0.4, -0.2) is 17.7 Å². The van der Waals surface area contributed by atoms with Crippen LogP contribution in [0.2, 0.25) is 0 Å². The van der Waals surface area contributed by atoms with E-state index in [-0.39, 0.29) is 23.9 Å². The van der Waals surface area contributed by atoms with E-state index >= 15 is 0 Å². The summed E-state index contributed by atoms with van der Waals surface area (Å²) in [6.07, 6.45) is 1.64. The maximum absolute atomic E-state index is 13.0. The van der Waals surface area contributed by atoms with Crippen molar-refractivity contribution in [2.24, 2.45) is 5.92 Å². The quantitative estimate of drug-likeness (QED) is 0.448. The van der Waals surface area contributed by atoms with Gasteiger partial charge in [-0.25, -0.2) is 0 Å². The molecule has 29 heavy (non-hydrogen) atoms. The molecule has 0 aromatic heterocycles. The number of esters is 1. The van der Waals surface area contributed by atoms with Crippen molar-refractivity contribution in [2.75, 3.05) is 6.61 Å². The van der Waals surface area contributed by atoms with Crippen molar-refractivity contribution in [1.29, 1.82) is 0 Å². The smallest absolute Gasteiger partial charge is 0.318 e. The lowest BCUT2D eigenvalue weighted by Gasteiger charge is -2.29. The van der Waals surface area contributed by atoms with Crippen LogP contribution < -0.4 is 4.74 Å². The van der Waals surface area contributed by atoms with Gasteiger partial charge in [0, 0.05) is 12.2 Å². The van der Waals surface area contributed by atoms with E-state index in [0.717, 1.165) is 28.7 Å². The van der Waals surface area contributed by atoms with Crippen molar-refractivity contribution in [1.82, 2.24) is 0 Å². The molecule has 0 amide bonds. The van der Waals surface area contributed by atoms with Crippen molar-refractivity contribution in [3.8, 4) is 5.75 Å². The van der Waals surface area contributed by atoms with Gasteiger partial charge in [0.05, 0.1) is 5.92 Å². The van der Waals surface area contributed by atoms with Crippen molar-refractivity contribution < 1.29 is 14.6 Å². The summed E-state index contributed by atoms with van der Waals surface area (Å²) in [6, 6.07) is 12.3. The fourth-order valence-electron chi connectivity index (χ4n) is 4.03. The van der Waals surface area contributed by atoms with Gasteiger partial charge in [-0.3, -0.25) is 4.79 Å². The van der Waals surface area contributed by atoms with Gasteiger partial charge in [-0.15, -0.1) is 0 Å². The highest BCUT2D eigenvalue weighted by Gasteiger charge is 2.28. The van der Waals surface area contributed by atoms with Crippen LogP contribution in [0.15, 0.2) is 36.4 Å². The second kappa shape index (κ2) is 9.58. The molecule has 158 valence electrons. The molecule has 1 atom stereocenters. The normalized spacial score (nSPS) is 12.9. The molecule has 2 rings (SSSR count). The van der Waals surface area contributed by atoms with E-state index in [1.54, 1.807) is 0 Å². The minimum Gasteiger partial charge on any atom is -0.426 e. The number of ether oxygens (including phenoxy) is 1. The molecule has 0 radical (unpaired) electrons. The number of aliphatic hydroxyl groups is 1. The van der Waals surface area contributed by atoms with Crippen LogP contribution >= 0.6 is 0 Å². The van der Waals surface area contributed by atoms with Crippen LogP contribution in [0, 0.1) is 19.8 Å². The summed E-state index contributed by atoms with van der Waals surface area (Å²) >= 11 is 0. The molecule has 2 aromatic carbocycles. The standard InChI is InChI=1S/C26H36O3/c1-17(2)14-21-8-10-22(11-9-21)20(5)25(28)29-23-16-18(3)15-19(4)24(23)26(6,7)12-13-27/h8-11,15-17,20,27H,12-14H2,1-7H3. The summed E-state index contributed by atoms with van der Waals surface area (Å²) in [5.74, 6) is 0.605. The monoisotopic (exact) mass is 396 g/mol. The van der Waals surface area contributed by atoms with E-state index in [4.69, 9.17) is 4.74 Å². The number of benzene rings is 2. The molecule has 2 aromatic rings. The average molecular weight is 397 g/mol. The van der Waals surface area contributed by atoms with Crippen molar-refractivity contribution in [3.63, 3.8) is 0 Å². The summed E-state index contributed by atoms with van der Waals surface area (Å²) in [7, 11) is 0. The lowest BCUT2D eigenvalue weighted by Crippen LogP contribution is -2.24. The van der Waals surface area contributed by atoms with Gasteiger partial charge in [0.2, 0.25) is 0 Å². The van der Waals surface area contributed by atoms with E-state index < -0.39 is 0 Å². The number of aryl methyl sites for hydroxylation is 2. The van der Waals surface area contributed by atoms with Gasteiger partial charge in [-0.1, -0.05) is 58.0 Å². The largest absolute Gasteiger partial charge is 0.426 e. The SMILES string of the molecule is Cc1cc(C)c(C(C)(C)CCO)c(OC(=O)C(C)c2ccc(CC(C)C)cc2)c1. The highest BCUT2D eigenvalue weighted by molar-refractivity contribution is 5.80. The first kappa shape index (κ1) is 23.2. The van der Waals surface area contributed by atoms with Crippen LogP contribution in [0.1, 0.15) is 74.8 Å². The van der Waals surface area contributed by atoms with Gasteiger partial charge < -0.3 is 9.84 Å². The van der Waals surface area contributed by atoms with Crippen molar-refractivity contribution in [3.05, 3.63) is 64.2 Å². The van der Waals surface area contributed by atoms with Crippen LogP contribution in [0.4, 0.5) is 0 Å². The van der Waals surface area contributed by atoms with Gasteiger partial charge >= 0.3 is 5.97 Å². The predicted molar refractivity (Wildman–Crippen MR) is 120 cm³/mol. The summed E-state index contributed by atoms with van der Waals surface area (Å²) < 4.78 is 5.93. The van der Waals surface area contributed by atoms with Crippen molar-refractivity contribution in [2.45, 2.75) is 72.6 Å². The molecular formula is C26H36O3. The molecule has 3 nitrogen and oxygen atoms in total. The number of carbonyl (C=O) groups excluding carboxylic acids is 1. The van der Waals surface area contributed by atoms with Crippen LogP contribution in [0.3, 0.4) is 0 Å². The third kappa shape index (κ3) is 5.93. The van der Waals surface area contributed by atoms with E-state index in [1.165, 1.54) is 5.56 Å². The van der Waals surface area contributed by atoms with E-state index in [1.807, 2.05) is 39.0 Å². The Balaban J connectivity index is 2.28. The second-order valence-corrected chi connectivity index (χ2v) is 9.29. The van der Waals surface area contributed by atoms with E-state index in [2.05, 4.69) is 45.9 Å². The third-order valence-corrected chi connectivity index (χ3v) is 5.55. The van der Waals surface area contributed by atoms with Gasteiger partial charge in [0.1, 0.15) is 5.75 Å². The maximum atomic E-state index is 13.0. The first-order chi connectivity index (χ1) is 13.5. The highest BCUT2D eigenvalue weighted by Crippen LogP contribution is 2.38. The first-order valence-corrected chi connectivity index (χ1v) is 10.6. The summed E-state index contributed by atoms with van der Waals surface area (Å²) in [4.78, 5) is 13.0. The zero-order chi connectivity index (χ0) is 21.8. The highest BCUT2D eigenvalue weighted by atomic mass is 16.5. The number of hydrogen-bond acceptors (Lipinski definition) is 3. The van der Waals surface area contributed by atoms with Gasteiger partial charge in [0.15, 0.2) is 0 Å². The topological polar surface area (TPSA) is 46.5 Å². The number of hydrogen-bond donors (Lipinski definition) is 1. The Labute approximate surface area is 176 Å².